The maximum Gasteiger partial charge on any atom is 0.242 e. The lowest BCUT2D eigenvalue weighted by atomic mass is 10.0. The van der Waals surface area contributed by atoms with Crippen LogP contribution in [0.15, 0.2) is 18.2 Å². The molecule has 82 valence electrons. The van der Waals surface area contributed by atoms with Gasteiger partial charge >= 0.3 is 0 Å². The van der Waals surface area contributed by atoms with Gasteiger partial charge in [-0.2, -0.15) is 0 Å². The summed E-state index contributed by atoms with van der Waals surface area (Å²) in [7, 11) is 0. The van der Waals surface area contributed by atoms with E-state index in [4.69, 9.17) is 11.5 Å². The molecule has 0 spiro atoms. The van der Waals surface area contributed by atoms with Crippen molar-refractivity contribution in [1.29, 1.82) is 0 Å². The van der Waals surface area contributed by atoms with Crippen LogP contribution < -0.4 is 16.8 Å². The van der Waals surface area contributed by atoms with Crippen molar-refractivity contribution in [3.8, 4) is 0 Å². The minimum absolute atomic E-state index is 0.414. The van der Waals surface area contributed by atoms with Gasteiger partial charge in [-0.15, -0.1) is 0 Å². The van der Waals surface area contributed by atoms with Gasteiger partial charge < -0.3 is 16.8 Å². The highest BCUT2D eigenvalue weighted by molar-refractivity contribution is 5.88. The van der Waals surface area contributed by atoms with Gasteiger partial charge in [0.15, 0.2) is 0 Å². The van der Waals surface area contributed by atoms with E-state index in [2.05, 4.69) is 5.32 Å². The molecule has 0 aliphatic heterocycles. The van der Waals surface area contributed by atoms with E-state index in [0.717, 1.165) is 11.3 Å². The molecule has 0 heterocycles. The van der Waals surface area contributed by atoms with Crippen LogP contribution in [-0.4, -0.2) is 11.4 Å². The molecule has 0 aliphatic rings. The van der Waals surface area contributed by atoms with E-state index in [1.807, 2.05) is 19.1 Å². The monoisotopic (exact) mass is 207 g/mol. The Bertz CT molecular complexity index is 385. The van der Waals surface area contributed by atoms with Crippen molar-refractivity contribution in [2.24, 2.45) is 5.73 Å². The summed E-state index contributed by atoms with van der Waals surface area (Å²) in [5.74, 6) is -0.414. The van der Waals surface area contributed by atoms with E-state index in [-0.39, 0.29) is 0 Å². The average molecular weight is 207 g/mol. The van der Waals surface area contributed by atoms with Crippen LogP contribution in [0.3, 0.4) is 0 Å². The summed E-state index contributed by atoms with van der Waals surface area (Å²) >= 11 is 0. The van der Waals surface area contributed by atoms with Crippen molar-refractivity contribution in [3.63, 3.8) is 0 Å². The predicted molar refractivity (Wildman–Crippen MR) is 62.5 cm³/mol. The molecule has 1 aromatic carbocycles. The number of anilines is 2. The molecule has 1 aromatic rings. The molecule has 0 atom stereocenters. The Balaban J connectivity index is 2.99. The smallest absolute Gasteiger partial charge is 0.242 e. The summed E-state index contributed by atoms with van der Waals surface area (Å²) in [5, 5.41) is 3.03. The first-order valence-electron chi connectivity index (χ1n) is 4.77. The molecular weight excluding hydrogens is 190 g/mol. The van der Waals surface area contributed by atoms with Crippen LogP contribution in [0, 0.1) is 6.92 Å². The van der Waals surface area contributed by atoms with Gasteiger partial charge in [0.05, 0.1) is 11.4 Å². The number of hydrogen-bond donors (Lipinski definition) is 3. The van der Waals surface area contributed by atoms with Gasteiger partial charge in [-0.25, -0.2) is 0 Å². The van der Waals surface area contributed by atoms with E-state index in [1.54, 1.807) is 19.9 Å². The van der Waals surface area contributed by atoms with E-state index in [1.165, 1.54) is 0 Å². The average Bonchev–Trinajstić information content (AvgIpc) is 2.10. The normalized spacial score (nSPS) is 11.1. The molecular formula is C11H17N3O. The third-order valence-corrected chi connectivity index (χ3v) is 2.27. The Labute approximate surface area is 89.6 Å². The second kappa shape index (κ2) is 3.81. The topological polar surface area (TPSA) is 81.1 Å². The fraction of sp³-hybridized carbons (Fsp3) is 0.364. The Hall–Kier alpha value is -1.71. The van der Waals surface area contributed by atoms with E-state index >= 15 is 0 Å². The zero-order valence-electron chi connectivity index (χ0n) is 9.29. The second-order valence-electron chi connectivity index (χ2n) is 4.20. The number of amides is 1. The highest BCUT2D eigenvalue weighted by Gasteiger charge is 2.24. The van der Waals surface area contributed by atoms with Crippen molar-refractivity contribution in [3.05, 3.63) is 23.8 Å². The Morgan fingerprint density at radius 2 is 2.00 bits per heavy atom. The predicted octanol–water partition coefficient (Wildman–Crippen LogP) is 1.25. The number of rotatable bonds is 3. The summed E-state index contributed by atoms with van der Waals surface area (Å²) in [6, 6.07) is 5.60. The van der Waals surface area contributed by atoms with Crippen molar-refractivity contribution in [1.82, 2.24) is 0 Å². The number of carbonyl (C=O) groups excluding carboxylic acids is 1. The molecule has 15 heavy (non-hydrogen) atoms. The van der Waals surface area contributed by atoms with Crippen molar-refractivity contribution in [2.75, 3.05) is 11.1 Å². The van der Waals surface area contributed by atoms with Crippen molar-refractivity contribution in [2.45, 2.75) is 26.3 Å². The number of carbonyl (C=O) groups is 1. The molecule has 0 unspecified atom stereocenters. The summed E-state index contributed by atoms with van der Waals surface area (Å²) in [6.07, 6.45) is 0. The minimum Gasteiger partial charge on any atom is -0.397 e. The zero-order chi connectivity index (χ0) is 11.6. The van der Waals surface area contributed by atoms with Gasteiger partial charge in [0.25, 0.3) is 0 Å². The highest BCUT2D eigenvalue weighted by Crippen LogP contribution is 2.23. The standard InChI is InChI=1S/C11H17N3O/c1-7-4-5-8(12)9(6-7)14-11(2,3)10(13)15/h4-6,14H,12H2,1-3H3,(H2,13,15). The van der Waals surface area contributed by atoms with Gasteiger partial charge in [0.2, 0.25) is 5.91 Å². The van der Waals surface area contributed by atoms with Crippen molar-refractivity contribution >= 4 is 17.3 Å². The number of primary amides is 1. The third kappa shape index (κ3) is 2.62. The molecule has 4 heteroatoms. The number of nitrogens with two attached hydrogens (primary N) is 2. The lowest BCUT2D eigenvalue weighted by Gasteiger charge is -2.24. The fourth-order valence-corrected chi connectivity index (χ4v) is 1.18. The quantitative estimate of drug-likeness (QED) is 0.652. The summed E-state index contributed by atoms with van der Waals surface area (Å²) in [6.45, 7) is 5.40. The van der Waals surface area contributed by atoms with Crippen LogP contribution in [0.2, 0.25) is 0 Å². The lowest BCUT2D eigenvalue weighted by molar-refractivity contribution is -0.121. The number of nitrogen functional groups attached to an aromatic ring is 1. The molecule has 1 rings (SSSR count). The largest absolute Gasteiger partial charge is 0.397 e. The first kappa shape index (κ1) is 11.4. The first-order valence-corrected chi connectivity index (χ1v) is 4.77. The molecule has 1 amide bonds. The van der Waals surface area contributed by atoms with Gasteiger partial charge in [-0.3, -0.25) is 4.79 Å². The second-order valence-corrected chi connectivity index (χ2v) is 4.20. The first-order chi connectivity index (χ1) is 6.83. The Kier molecular flexibility index (Phi) is 2.88. The van der Waals surface area contributed by atoms with Crippen LogP contribution in [-0.2, 0) is 4.79 Å². The maximum absolute atomic E-state index is 11.1. The van der Waals surface area contributed by atoms with E-state index in [0.29, 0.717) is 5.69 Å². The Morgan fingerprint density at radius 3 is 2.53 bits per heavy atom. The molecule has 4 nitrogen and oxygen atoms in total. The highest BCUT2D eigenvalue weighted by atomic mass is 16.1. The van der Waals surface area contributed by atoms with Gasteiger partial charge in [0, 0.05) is 0 Å². The molecule has 0 saturated carbocycles. The van der Waals surface area contributed by atoms with Gasteiger partial charge in [-0.1, -0.05) is 6.07 Å². The maximum atomic E-state index is 11.1. The van der Waals surface area contributed by atoms with Crippen LogP contribution in [0.25, 0.3) is 0 Å². The third-order valence-electron chi connectivity index (χ3n) is 2.27. The molecule has 0 bridgehead atoms. The lowest BCUT2D eigenvalue weighted by Crippen LogP contribution is -2.45. The van der Waals surface area contributed by atoms with Gasteiger partial charge in [-0.05, 0) is 38.5 Å². The number of benzene rings is 1. The molecule has 0 fully saturated rings. The molecule has 0 saturated heterocycles. The van der Waals surface area contributed by atoms with E-state index in [9.17, 15) is 4.79 Å². The molecule has 0 radical (unpaired) electrons. The number of nitrogens with one attached hydrogen (secondary N) is 1. The van der Waals surface area contributed by atoms with Crippen LogP contribution in [0.1, 0.15) is 19.4 Å². The van der Waals surface area contributed by atoms with Crippen LogP contribution in [0.5, 0.6) is 0 Å². The zero-order valence-corrected chi connectivity index (χ0v) is 9.29. The summed E-state index contributed by atoms with van der Waals surface area (Å²) in [5.41, 5.74) is 12.7. The van der Waals surface area contributed by atoms with E-state index < -0.39 is 11.4 Å². The molecule has 0 aromatic heterocycles. The minimum atomic E-state index is -0.804. The Morgan fingerprint density at radius 1 is 1.40 bits per heavy atom. The summed E-state index contributed by atoms with van der Waals surface area (Å²) < 4.78 is 0. The van der Waals surface area contributed by atoms with Crippen LogP contribution in [0.4, 0.5) is 11.4 Å². The number of hydrogen-bond acceptors (Lipinski definition) is 3. The van der Waals surface area contributed by atoms with Crippen LogP contribution >= 0.6 is 0 Å². The molecule has 5 N–H and O–H groups in total. The molecule has 0 aliphatic carbocycles. The SMILES string of the molecule is Cc1ccc(N)c(NC(C)(C)C(N)=O)c1. The fourth-order valence-electron chi connectivity index (χ4n) is 1.18. The van der Waals surface area contributed by atoms with Crippen molar-refractivity contribution < 1.29 is 4.79 Å². The van der Waals surface area contributed by atoms with Gasteiger partial charge in [0.1, 0.15) is 5.54 Å². The summed E-state index contributed by atoms with van der Waals surface area (Å²) in [4.78, 5) is 11.1. The number of aryl methyl sites for hydroxylation is 1.